The summed E-state index contributed by atoms with van der Waals surface area (Å²) >= 11 is 6.07. The van der Waals surface area contributed by atoms with Gasteiger partial charge in [-0.2, -0.15) is 0 Å². The fourth-order valence-electron chi connectivity index (χ4n) is 3.24. The summed E-state index contributed by atoms with van der Waals surface area (Å²) in [7, 11) is 0. The van der Waals surface area contributed by atoms with Gasteiger partial charge in [0.2, 0.25) is 5.91 Å². The number of hydrogen-bond acceptors (Lipinski definition) is 2. The highest BCUT2D eigenvalue weighted by Crippen LogP contribution is 2.21. The number of hydrogen-bond donors (Lipinski definition) is 0. The summed E-state index contributed by atoms with van der Waals surface area (Å²) in [4.78, 5) is 16.7. The molecule has 2 aromatic carbocycles. The minimum Gasteiger partial charge on any atom is -0.368 e. The van der Waals surface area contributed by atoms with Crippen LogP contribution in [0.2, 0.25) is 5.02 Å². The number of carbonyl (C=O) groups excluding carboxylic acids is 1. The molecule has 1 amide bonds. The number of halogens is 1. The molecule has 1 aliphatic heterocycles. The SMILES string of the molecule is Cc1ccc(CCCC(=O)N2CCN(c3cccc(Cl)c3)CC2)cc1. The Bertz CT molecular complexity index is 706. The molecule has 0 aliphatic carbocycles. The highest BCUT2D eigenvalue weighted by Gasteiger charge is 2.20. The third kappa shape index (κ3) is 4.99. The first-order chi connectivity index (χ1) is 12.1. The maximum Gasteiger partial charge on any atom is 0.222 e. The van der Waals surface area contributed by atoms with Gasteiger partial charge in [-0.05, 0) is 43.5 Å². The Morgan fingerprint density at radius 1 is 1.04 bits per heavy atom. The van der Waals surface area contributed by atoms with Crippen LogP contribution in [0.15, 0.2) is 48.5 Å². The minimum atomic E-state index is 0.276. The van der Waals surface area contributed by atoms with Gasteiger partial charge >= 0.3 is 0 Å². The Morgan fingerprint density at radius 3 is 2.44 bits per heavy atom. The molecule has 1 heterocycles. The van der Waals surface area contributed by atoms with Gasteiger partial charge in [0.1, 0.15) is 0 Å². The van der Waals surface area contributed by atoms with E-state index in [0.717, 1.165) is 49.7 Å². The zero-order valence-electron chi connectivity index (χ0n) is 14.7. The predicted octanol–water partition coefficient (Wildman–Crippen LogP) is 4.32. The second-order valence-electron chi connectivity index (χ2n) is 6.69. The van der Waals surface area contributed by atoms with Crippen molar-refractivity contribution in [1.29, 1.82) is 0 Å². The number of anilines is 1. The van der Waals surface area contributed by atoms with Gasteiger partial charge in [0.15, 0.2) is 0 Å². The van der Waals surface area contributed by atoms with E-state index in [9.17, 15) is 4.79 Å². The Labute approximate surface area is 155 Å². The number of carbonyl (C=O) groups is 1. The highest BCUT2D eigenvalue weighted by molar-refractivity contribution is 6.30. The molecule has 0 unspecified atom stereocenters. The van der Waals surface area contributed by atoms with Crippen LogP contribution in [-0.4, -0.2) is 37.0 Å². The first kappa shape index (κ1) is 17.8. The average molecular weight is 357 g/mol. The van der Waals surface area contributed by atoms with Crippen molar-refractivity contribution in [2.24, 2.45) is 0 Å². The quantitative estimate of drug-likeness (QED) is 0.796. The predicted molar refractivity (Wildman–Crippen MR) is 104 cm³/mol. The summed E-state index contributed by atoms with van der Waals surface area (Å²) in [6.45, 7) is 5.40. The second kappa shape index (κ2) is 8.39. The van der Waals surface area contributed by atoms with Crippen molar-refractivity contribution in [3.63, 3.8) is 0 Å². The van der Waals surface area contributed by atoms with E-state index >= 15 is 0 Å². The average Bonchev–Trinajstić information content (AvgIpc) is 2.63. The van der Waals surface area contributed by atoms with E-state index in [4.69, 9.17) is 11.6 Å². The van der Waals surface area contributed by atoms with Crippen LogP contribution in [0.1, 0.15) is 24.0 Å². The summed E-state index contributed by atoms with van der Waals surface area (Å²) in [6.07, 6.45) is 2.51. The molecule has 25 heavy (non-hydrogen) atoms. The molecular weight excluding hydrogens is 332 g/mol. The molecule has 1 aliphatic rings. The van der Waals surface area contributed by atoms with E-state index in [2.05, 4.69) is 42.2 Å². The van der Waals surface area contributed by atoms with Gasteiger partial charge in [-0.25, -0.2) is 0 Å². The van der Waals surface area contributed by atoms with Crippen molar-refractivity contribution in [1.82, 2.24) is 4.90 Å². The molecule has 0 spiro atoms. The maximum atomic E-state index is 12.4. The van der Waals surface area contributed by atoms with Crippen LogP contribution in [0.5, 0.6) is 0 Å². The molecule has 0 N–H and O–H groups in total. The Kier molecular flexibility index (Phi) is 5.98. The lowest BCUT2D eigenvalue weighted by Crippen LogP contribution is -2.48. The molecule has 4 heteroatoms. The van der Waals surface area contributed by atoms with Crippen LogP contribution < -0.4 is 4.90 Å². The van der Waals surface area contributed by atoms with Crippen LogP contribution in [0.25, 0.3) is 0 Å². The van der Waals surface area contributed by atoms with E-state index < -0.39 is 0 Å². The van der Waals surface area contributed by atoms with Crippen molar-refractivity contribution in [3.05, 3.63) is 64.7 Å². The Balaban J connectivity index is 1.43. The van der Waals surface area contributed by atoms with E-state index in [1.807, 2.05) is 23.1 Å². The third-order valence-electron chi connectivity index (χ3n) is 4.78. The van der Waals surface area contributed by atoms with E-state index in [-0.39, 0.29) is 5.91 Å². The van der Waals surface area contributed by atoms with E-state index in [1.165, 1.54) is 11.1 Å². The molecular formula is C21H25ClN2O. The number of piperazine rings is 1. The van der Waals surface area contributed by atoms with Gasteiger partial charge in [0.25, 0.3) is 0 Å². The van der Waals surface area contributed by atoms with Crippen molar-refractivity contribution < 1.29 is 4.79 Å². The fraction of sp³-hybridized carbons (Fsp3) is 0.381. The normalized spacial score (nSPS) is 14.6. The lowest BCUT2D eigenvalue weighted by Gasteiger charge is -2.36. The smallest absolute Gasteiger partial charge is 0.222 e. The first-order valence-electron chi connectivity index (χ1n) is 8.96. The molecule has 0 bridgehead atoms. The van der Waals surface area contributed by atoms with Gasteiger partial charge in [0, 0.05) is 43.3 Å². The van der Waals surface area contributed by atoms with Crippen molar-refractivity contribution in [3.8, 4) is 0 Å². The number of benzene rings is 2. The third-order valence-corrected chi connectivity index (χ3v) is 5.02. The lowest BCUT2D eigenvalue weighted by atomic mass is 10.1. The molecule has 132 valence electrons. The summed E-state index contributed by atoms with van der Waals surface area (Å²) in [6, 6.07) is 16.5. The van der Waals surface area contributed by atoms with Crippen LogP contribution in [0, 0.1) is 6.92 Å². The summed E-state index contributed by atoms with van der Waals surface area (Å²) in [5, 5.41) is 0.757. The standard InChI is InChI=1S/C21H25ClN2O/c1-17-8-10-18(11-9-17)4-2-7-21(25)24-14-12-23(13-15-24)20-6-3-5-19(22)16-20/h3,5-6,8-11,16H,2,4,7,12-15H2,1H3. The first-order valence-corrected chi connectivity index (χ1v) is 9.33. The maximum absolute atomic E-state index is 12.4. The fourth-order valence-corrected chi connectivity index (χ4v) is 3.43. The molecule has 3 rings (SSSR count). The topological polar surface area (TPSA) is 23.6 Å². The number of aryl methyl sites for hydroxylation is 2. The monoisotopic (exact) mass is 356 g/mol. The highest BCUT2D eigenvalue weighted by atomic mass is 35.5. The largest absolute Gasteiger partial charge is 0.368 e. The zero-order chi connectivity index (χ0) is 17.6. The van der Waals surface area contributed by atoms with E-state index in [0.29, 0.717) is 6.42 Å². The van der Waals surface area contributed by atoms with Crippen LogP contribution in [-0.2, 0) is 11.2 Å². The van der Waals surface area contributed by atoms with Crippen LogP contribution >= 0.6 is 11.6 Å². The molecule has 0 aromatic heterocycles. The second-order valence-corrected chi connectivity index (χ2v) is 7.12. The molecule has 3 nitrogen and oxygen atoms in total. The lowest BCUT2D eigenvalue weighted by molar-refractivity contribution is -0.131. The van der Waals surface area contributed by atoms with Gasteiger partial charge < -0.3 is 9.80 Å². The van der Waals surface area contributed by atoms with Crippen LogP contribution in [0.3, 0.4) is 0 Å². The van der Waals surface area contributed by atoms with Gasteiger partial charge in [-0.15, -0.1) is 0 Å². The molecule has 0 radical (unpaired) electrons. The van der Waals surface area contributed by atoms with Gasteiger partial charge in [-0.3, -0.25) is 4.79 Å². The summed E-state index contributed by atoms with van der Waals surface area (Å²) in [5.74, 6) is 0.276. The van der Waals surface area contributed by atoms with E-state index in [1.54, 1.807) is 0 Å². The van der Waals surface area contributed by atoms with Gasteiger partial charge in [-0.1, -0.05) is 47.5 Å². The van der Waals surface area contributed by atoms with Crippen molar-refractivity contribution in [2.75, 3.05) is 31.1 Å². The molecule has 1 fully saturated rings. The zero-order valence-corrected chi connectivity index (χ0v) is 15.5. The minimum absolute atomic E-state index is 0.276. The number of rotatable bonds is 5. The molecule has 1 saturated heterocycles. The Hall–Kier alpha value is -2.00. The summed E-state index contributed by atoms with van der Waals surface area (Å²) < 4.78 is 0. The molecule has 0 saturated carbocycles. The number of nitrogens with zero attached hydrogens (tertiary/aromatic N) is 2. The molecule has 2 aromatic rings. The van der Waals surface area contributed by atoms with Crippen molar-refractivity contribution in [2.45, 2.75) is 26.2 Å². The number of amides is 1. The molecule has 0 atom stereocenters. The van der Waals surface area contributed by atoms with Gasteiger partial charge in [0.05, 0.1) is 0 Å². The summed E-state index contributed by atoms with van der Waals surface area (Å²) in [5.41, 5.74) is 3.72. The van der Waals surface area contributed by atoms with Crippen molar-refractivity contribution >= 4 is 23.2 Å². The Morgan fingerprint density at radius 2 is 1.76 bits per heavy atom. The van der Waals surface area contributed by atoms with Crippen LogP contribution in [0.4, 0.5) is 5.69 Å².